The van der Waals surface area contributed by atoms with Gasteiger partial charge in [0.1, 0.15) is 6.61 Å². The maximum absolute atomic E-state index is 13.2. The average molecular weight is 194 g/mol. The Morgan fingerprint density at radius 3 is 3.00 bits per heavy atom. The smallest absolute Gasteiger partial charge is 0.336 e. The molecule has 1 aromatic rings. The van der Waals surface area contributed by atoms with Gasteiger partial charge in [-0.3, -0.25) is 0 Å². The van der Waals surface area contributed by atoms with Crippen LogP contribution >= 0.6 is 0 Å². The molecule has 0 bridgehead atoms. The first kappa shape index (κ1) is 8.74. The van der Waals surface area contributed by atoms with Crippen molar-refractivity contribution in [2.24, 2.45) is 0 Å². The minimum Gasteiger partial charge on any atom is -0.486 e. The van der Waals surface area contributed by atoms with Crippen LogP contribution in [0, 0.1) is 5.82 Å². The van der Waals surface area contributed by atoms with Crippen LogP contribution in [0.2, 0.25) is 0 Å². The molecule has 0 unspecified atom stereocenters. The van der Waals surface area contributed by atoms with Crippen LogP contribution in [0.15, 0.2) is 18.2 Å². The number of benzene rings is 1. The number of hydrogen-bond donors (Lipinski definition) is 1. The van der Waals surface area contributed by atoms with E-state index in [1.165, 1.54) is 6.07 Å². The highest BCUT2D eigenvalue weighted by Crippen LogP contribution is 2.30. The van der Waals surface area contributed by atoms with Crippen LogP contribution in [0.5, 0.6) is 5.75 Å². The van der Waals surface area contributed by atoms with Gasteiger partial charge < -0.3 is 9.84 Å². The molecule has 1 heterocycles. The van der Waals surface area contributed by atoms with E-state index in [-0.39, 0.29) is 17.9 Å². The van der Waals surface area contributed by atoms with Crippen molar-refractivity contribution in [1.29, 1.82) is 0 Å². The Kier molecular flexibility index (Phi) is 1.96. The van der Waals surface area contributed by atoms with E-state index in [9.17, 15) is 9.18 Å². The Morgan fingerprint density at radius 1 is 1.50 bits per heavy atom. The van der Waals surface area contributed by atoms with Gasteiger partial charge in [0, 0.05) is 5.56 Å². The first-order chi connectivity index (χ1) is 6.70. The molecule has 3 nitrogen and oxygen atoms in total. The third-order valence-corrected chi connectivity index (χ3v) is 1.99. The van der Waals surface area contributed by atoms with E-state index in [0.29, 0.717) is 5.56 Å². The van der Waals surface area contributed by atoms with Gasteiger partial charge in [0.15, 0.2) is 11.6 Å². The normalized spacial score (nSPS) is 13.2. The van der Waals surface area contributed by atoms with Gasteiger partial charge in [-0.2, -0.15) is 0 Å². The number of ether oxygens (including phenoxy) is 1. The number of halogens is 1. The number of carboxylic acids is 1. The fraction of sp³-hybridized carbons (Fsp3) is 0.100. The number of fused-ring (bicyclic) bond motifs is 1. The van der Waals surface area contributed by atoms with Crippen LogP contribution in [0.25, 0.3) is 6.08 Å². The second-order valence-corrected chi connectivity index (χ2v) is 2.86. The van der Waals surface area contributed by atoms with Gasteiger partial charge in [0.2, 0.25) is 0 Å². The van der Waals surface area contributed by atoms with Crippen molar-refractivity contribution in [1.82, 2.24) is 0 Å². The van der Waals surface area contributed by atoms with E-state index < -0.39 is 11.8 Å². The van der Waals surface area contributed by atoms with E-state index in [1.807, 2.05) is 0 Å². The lowest BCUT2D eigenvalue weighted by Crippen LogP contribution is -2.08. The Balaban J connectivity index is 2.67. The van der Waals surface area contributed by atoms with Crippen molar-refractivity contribution in [2.45, 2.75) is 0 Å². The zero-order valence-corrected chi connectivity index (χ0v) is 7.16. The number of aromatic carboxylic acids is 1. The summed E-state index contributed by atoms with van der Waals surface area (Å²) in [5, 5.41) is 8.82. The van der Waals surface area contributed by atoms with Gasteiger partial charge in [0.25, 0.3) is 0 Å². The molecule has 14 heavy (non-hydrogen) atoms. The van der Waals surface area contributed by atoms with Crippen molar-refractivity contribution >= 4 is 12.0 Å². The Labute approximate surface area is 79.4 Å². The molecule has 0 fully saturated rings. The molecule has 4 heteroatoms. The molecule has 0 amide bonds. The van der Waals surface area contributed by atoms with Gasteiger partial charge in [-0.25, -0.2) is 9.18 Å². The Morgan fingerprint density at radius 2 is 2.29 bits per heavy atom. The molecule has 1 N–H and O–H groups in total. The molecule has 0 saturated carbocycles. The summed E-state index contributed by atoms with van der Waals surface area (Å²) in [4.78, 5) is 10.8. The summed E-state index contributed by atoms with van der Waals surface area (Å²) in [6.45, 7) is 0.271. The topological polar surface area (TPSA) is 46.5 Å². The van der Waals surface area contributed by atoms with Crippen molar-refractivity contribution in [2.75, 3.05) is 6.61 Å². The summed E-state index contributed by atoms with van der Waals surface area (Å²) in [6, 6.07) is 2.33. The van der Waals surface area contributed by atoms with Crippen LogP contribution in [0.3, 0.4) is 0 Å². The molecular weight excluding hydrogens is 187 g/mol. The summed E-state index contributed by atoms with van der Waals surface area (Å²) < 4.78 is 18.2. The molecule has 1 aliphatic rings. The van der Waals surface area contributed by atoms with Gasteiger partial charge in [-0.1, -0.05) is 6.08 Å². The van der Waals surface area contributed by atoms with Crippen LogP contribution in [-0.4, -0.2) is 17.7 Å². The Hall–Kier alpha value is -1.84. The zero-order valence-electron chi connectivity index (χ0n) is 7.16. The Bertz CT molecular complexity index is 424. The van der Waals surface area contributed by atoms with Crippen molar-refractivity contribution in [3.63, 3.8) is 0 Å². The highest BCUT2D eigenvalue weighted by Gasteiger charge is 2.18. The minimum atomic E-state index is -1.09. The predicted molar refractivity (Wildman–Crippen MR) is 47.9 cm³/mol. The van der Waals surface area contributed by atoms with E-state index >= 15 is 0 Å². The maximum Gasteiger partial charge on any atom is 0.336 e. The minimum absolute atomic E-state index is 0.0207. The summed E-state index contributed by atoms with van der Waals surface area (Å²) in [6.07, 6.45) is 3.21. The highest BCUT2D eigenvalue weighted by molar-refractivity contribution is 5.93. The van der Waals surface area contributed by atoms with E-state index in [4.69, 9.17) is 9.84 Å². The van der Waals surface area contributed by atoms with Crippen LogP contribution in [0.4, 0.5) is 4.39 Å². The molecular formula is C10H7FO3. The highest BCUT2D eigenvalue weighted by atomic mass is 19.1. The lowest BCUT2D eigenvalue weighted by atomic mass is 10.0. The molecule has 0 spiro atoms. The summed E-state index contributed by atoms with van der Waals surface area (Å²) in [5.74, 6) is -1.60. The SMILES string of the molecule is O=C(O)c1ccc(F)c2c1C=CCO2. The average Bonchev–Trinajstić information content (AvgIpc) is 2.18. The van der Waals surface area contributed by atoms with Gasteiger partial charge >= 0.3 is 5.97 Å². The van der Waals surface area contributed by atoms with Gasteiger partial charge in [-0.15, -0.1) is 0 Å². The van der Waals surface area contributed by atoms with E-state index in [1.54, 1.807) is 12.2 Å². The van der Waals surface area contributed by atoms with Gasteiger partial charge in [-0.05, 0) is 18.2 Å². The first-order valence-electron chi connectivity index (χ1n) is 4.05. The molecule has 0 aliphatic carbocycles. The third kappa shape index (κ3) is 1.25. The molecule has 2 rings (SSSR count). The maximum atomic E-state index is 13.2. The van der Waals surface area contributed by atoms with Crippen molar-refractivity contribution < 1.29 is 19.0 Å². The summed E-state index contributed by atoms with van der Waals surface area (Å²) >= 11 is 0. The van der Waals surface area contributed by atoms with E-state index in [0.717, 1.165) is 6.07 Å². The number of carboxylic acid groups (broad SMARTS) is 1. The van der Waals surface area contributed by atoms with Crippen molar-refractivity contribution in [3.8, 4) is 5.75 Å². The molecule has 1 aliphatic heterocycles. The van der Waals surface area contributed by atoms with E-state index in [2.05, 4.69) is 0 Å². The molecule has 0 radical (unpaired) electrons. The second-order valence-electron chi connectivity index (χ2n) is 2.86. The van der Waals surface area contributed by atoms with Crippen LogP contribution in [-0.2, 0) is 0 Å². The summed E-state index contributed by atoms with van der Waals surface area (Å²) in [7, 11) is 0. The zero-order chi connectivity index (χ0) is 10.1. The quantitative estimate of drug-likeness (QED) is 0.742. The molecule has 0 aromatic heterocycles. The second kappa shape index (κ2) is 3.14. The monoisotopic (exact) mass is 194 g/mol. The third-order valence-electron chi connectivity index (χ3n) is 1.99. The predicted octanol–water partition coefficient (Wildman–Crippen LogP) is 1.93. The molecule has 72 valence electrons. The molecule has 0 saturated heterocycles. The van der Waals surface area contributed by atoms with Crippen molar-refractivity contribution in [3.05, 3.63) is 35.2 Å². The standard InChI is InChI=1S/C10H7FO3/c11-8-4-3-7(10(12)13)6-2-1-5-14-9(6)8/h1-4H,5H2,(H,12,13). The number of rotatable bonds is 1. The lowest BCUT2D eigenvalue weighted by Gasteiger charge is -2.14. The van der Waals surface area contributed by atoms with Crippen LogP contribution in [0.1, 0.15) is 15.9 Å². The first-order valence-corrected chi connectivity index (χ1v) is 4.05. The molecule has 1 aromatic carbocycles. The lowest BCUT2D eigenvalue weighted by molar-refractivity contribution is 0.0696. The molecule has 0 atom stereocenters. The van der Waals surface area contributed by atoms with Gasteiger partial charge in [0.05, 0.1) is 5.56 Å². The number of hydrogen-bond acceptors (Lipinski definition) is 2. The fourth-order valence-electron chi connectivity index (χ4n) is 1.37. The largest absolute Gasteiger partial charge is 0.486 e. The fourth-order valence-corrected chi connectivity index (χ4v) is 1.37. The van der Waals surface area contributed by atoms with Crippen LogP contribution < -0.4 is 4.74 Å². The summed E-state index contributed by atoms with van der Waals surface area (Å²) in [5.41, 5.74) is 0.348. The number of carbonyl (C=O) groups is 1.